The molecular formula is C18H18ClFN4O2. The fourth-order valence-electron chi connectivity index (χ4n) is 3.24. The number of hydrogen-bond acceptors (Lipinski definition) is 5. The van der Waals surface area contributed by atoms with E-state index in [1.807, 2.05) is 6.20 Å². The van der Waals surface area contributed by atoms with Gasteiger partial charge in [-0.1, -0.05) is 17.7 Å². The molecule has 0 spiro atoms. The zero-order chi connectivity index (χ0) is 18.1. The molecule has 2 aromatic rings. The fourth-order valence-corrected chi connectivity index (χ4v) is 3.49. The Balaban J connectivity index is 1.57. The topological polar surface area (TPSA) is 58.6 Å². The minimum Gasteiger partial charge on any atom is -0.378 e. The summed E-state index contributed by atoms with van der Waals surface area (Å²) in [5.74, 6) is -0.374. The number of rotatable bonds is 2. The molecule has 0 radical (unpaired) electrons. The third-order valence-corrected chi connectivity index (χ3v) is 5.01. The molecule has 0 unspecified atom stereocenters. The van der Waals surface area contributed by atoms with E-state index in [2.05, 4.69) is 14.9 Å². The molecule has 2 aliphatic heterocycles. The predicted molar refractivity (Wildman–Crippen MR) is 94.9 cm³/mol. The van der Waals surface area contributed by atoms with Crippen LogP contribution in [0.1, 0.15) is 21.6 Å². The lowest BCUT2D eigenvalue weighted by atomic mass is 10.1. The number of hydrogen-bond donors (Lipinski definition) is 0. The van der Waals surface area contributed by atoms with E-state index in [-0.39, 0.29) is 10.6 Å². The van der Waals surface area contributed by atoms with Gasteiger partial charge in [0.2, 0.25) is 5.95 Å². The SMILES string of the molecule is O=C(c1c(F)cccc1Cl)N1CCc2cnc(N3CCOCC3)nc2C1. The van der Waals surface area contributed by atoms with Gasteiger partial charge in [-0.3, -0.25) is 4.79 Å². The van der Waals surface area contributed by atoms with Gasteiger partial charge in [0.25, 0.3) is 5.91 Å². The van der Waals surface area contributed by atoms with Gasteiger partial charge in [0, 0.05) is 25.8 Å². The molecule has 8 heteroatoms. The van der Waals surface area contributed by atoms with E-state index >= 15 is 0 Å². The summed E-state index contributed by atoms with van der Waals surface area (Å²) in [6.45, 7) is 3.58. The van der Waals surface area contributed by atoms with Crippen LogP contribution in [0.2, 0.25) is 5.02 Å². The Bertz CT molecular complexity index is 822. The molecule has 1 aromatic heterocycles. The zero-order valence-electron chi connectivity index (χ0n) is 14.1. The number of carbonyl (C=O) groups excluding carboxylic acids is 1. The molecule has 0 N–H and O–H groups in total. The molecular weight excluding hydrogens is 359 g/mol. The first kappa shape index (κ1) is 17.2. The molecule has 6 nitrogen and oxygen atoms in total. The smallest absolute Gasteiger partial charge is 0.258 e. The molecule has 3 heterocycles. The van der Waals surface area contributed by atoms with E-state index in [1.54, 1.807) is 4.90 Å². The number of anilines is 1. The number of benzene rings is 1. The first-order chi connectivity index (χ1) is 12.6. The molecule has 26 heavy (non-hydrogen) atoms. The summed E-state index contributed by atoms with van der Waals surface area (Å²) < 4.78 is 19.4. The summed E-state index contributed by atoms with van der Waals surface area (Å²) >= 11 is 6.04. The highest BCUT2D eigenvalue weighted by atomic mass is 35.5. The lowest BCUT2D eigenvalue weighted by Gasteiger charge is -2.31. The van der Waals surface area contributed by atoms with Crippen molar-refractivity contribution in [2.75, 3.05) is 37.7 Å². The van der Waals surface area contributed by atoms with Crippen molar-refractivity contribution in [1.82, 2.24) is 14.9 Å². The van der Waals surface area contributed by atoms with E-state index in [1.165, 1.54) is 18.2 Å². The maximum atomic E-state index is 14.1. The average molecular weight is 377 g/mol. The van der Waals surface area contributed by atoms with Gasteiger partial charge in [0.15, 0.2) is 0 Å². The summed E-state index contributed by atoms with van der Waals surface area (Å²) in [6.07, 6.45) is 2.46. The molecule has 0 aliphatic carbocycles. The van der Waals surface area contributed by atoms with Crippen LogP contribution in [0.3, 0.4) is 0 Å². The van der Waals surface area contributed by atoms with Gasteiger partial charge >= 0.3 is 0 Å². The third kappa shape index (κ3) is 3.24. The molecule has 0 bridgehead atoms. The van der Waals surface area contributed by atoms with Crippen LogP contribution in [-0.4, -0.2) is 53.6 Å². The normalized spacial score (nSPS) is 17.2. The number of ether oxygens (including phenoxy) is 1. The number of halogens is 2. The van der Waals surface area contributed by atoms with Crippen molar-refractivity contribution in [1.29, 1.82) is 0 Å². The van der Waals surface area contributed by atoms with E-state index in [9.17, 15) is 9.18 Å². The van der Waals surface area contributed by atoms with Crippen LogP contribution >= 0.6 is 11.6 Å². The Morgan fingerprint density at radius 1 is 1.23 bits per heavy atom. The minimum absolute atomic E-state index is 0.0833. The Labute approximate surface area is 155 Å². The Hall–Kier alpha value is -2.25. The van der Waals surface area contributed by atoms with Crippen molar-refractivity contribution < 1.29 is 13.9 Å². The van der Waals surface area contributed by atoms with E-state index in [0.717, 1.165) is 24.3 Å². The first-order valence-electron chi connectivity index (χ1n) is 8.54. The number of fused-ring (bicyclic) bond motifs is 1. The first-order valence-corrected chi connectivity index (χ1v) is 8.92. The van der Waals surface area contributed by atoms with Crippen molar-refractivity contribution in [3.05, 3.63) is 52.1 Å². The summed E-state index contributed by atoms with van der Waals surface area (Å²) in [4.78, 5) is 25.5. The largest absolute Gasteiger partial charge is 0.378 e. The maximum absolute atomic E-state index is 14.1. The van der Waals surface area contributed by atoms with Crippen molar-refractivity contribution >= 4 is 23.5 Å². The summed E-state index contributed by atoms with van der Waals surface area (Å²) in [5, 5.41) is 0.123. The molecule has 1 saturated heterocycles. The molecule has 1 amide bonds. The van der Waals surface area contributed by atoms with Crippen LogP contribution in [0.25, 0.3) is 0 Å². The Morgan fingerprint density at radius 3 is 2.81 bits per heavy atom. The maximum Gasteiger partial charge on any atom is 0.258 e. The Kier molecular flexibility index (Phi) is 4.74. The second kappa shape index (κ2) is 7.17. The van der Waals surface area contributed by atoms with Crippen molar-refractivity contribution in [2.45, 2.75) is 13.0 Å². The highest BCUT2D eigenvalue weighted by Crippen LogP contribution is 2.25. The number of amides is 1. The second-order valence-corrected chi connectivity index (χ2v) is 6.72. The fraction of sp³-hybridized carbons (Fsp3) is 0.389. The van der Waals surface area contributed by atoms with Crippen LogP contribution in [-0.2, 0) is 17.7 Å². The van der Waals surface area contributed by atoms with Gasteiger partial charge in [0.05, 0.1) is 36.0 Å². The van der Waals surface area contributed by atoms with Gasteiger partial charge < -0.3 is 14.5 Å². The van der Waals surface area contributed by atoms with Crippen molar-refractivity contribution in [2.24, 2.45) is 0 Å². The van der Waals surface area contributed by atoms with Crippen molar-refractivity contribution in [3.63, 3.8) is 0 Å². The van der Waals surface area contributed by atoms with Gasteiger partial charge in [-0.15, -0.1) is 0 Å². The van der Waals surface area contributed by atoms with Gasteiger partial charge in [-0.2, -0.15) is 0 Å². The Morgan fingerprint density at radius 2 is 2.04 bits per heavy atom. The van der Waals surface area contributed by atoms with E-state index < -0.39 is 11.7 Å². The monoisotopic (exact) mass is 376 g/mol. The average Bonchev–Trinajstić information content (AvgIpc) is 2.67. The van der Waals surface area contributed by atoms with Gasteiger partial charge in [-0.05, 0) is 24.1 Å². The molecule has 1 fully saturated rings. The minimum atomic E-state index is -0.606. The lowest BCUT2D eigenvalue weighted by Crippen LogP contribution is -2.39. The van der Waals surface area contributed by atoms with Crippen LogP contribution in [0.15, 0.2) is 24.4 Å². The molecule has 136 valence electrons. The highest BCUT2D eigenvalue weighted by molar-refractivity contribution is 6.33. The predicted octanol–water partition coefficient (Wildman–Crippen LogP) is 2.30. The summed E-state index contributed by atoms with van der Waals surface area (Å²) in [6, 6.07) is 4.26. The van der Waals surface area contributed by atoms with Crippen LogP contribution in [0.5, 0.6) is 0 Å². The lowest BCUT2D eigenvalue weighted by molar-refractivity contribution is 0.0727. The van der Waals surface area contributed by atoms with Crippen LogP contribution in [0, 0.1) is 5.82 Å². The van der Waals surface area contributed by atoms with E-state index in [4.69, 9.17) is 16.3 Å². The summed E-state index contributed by atoms with van der Waals surface area (Å²) in [7, 11) is 0. The number of nitrogens with zero attached hydrogens (tertiary/aromatic N) is 4. The number of carbonyl (C=O) groups is 1. The highest BCUT2D eigenvalue weighted by Gasteiger charge is 2.27. The van der Waals surface area contributed by atoms with E-state index in [0.29, 0.717) is 38.7 Å². The van der Waals surface area contributed by atoms with Gasteiger partial charge in [0.1, 0.15) is 5.82 Å². The van der Waals surface area contributed by atoms with Gasteiger partial charge in [-0.25, -0.2) is 14.4 Å². The third-order valence-electron chi connectivity index (χ3n) is 4.69. The molecule has 0 saturated carbocycles. The van der Waals surface area contributed by atoms with Crippen LogP contribution in [0.4, 0.5) is 10.3 Å². The number of morpholine rings is 1. The molecule has 2 aliphatic rings. The molecule has 0 atom stereocenters. The molecule has 1 aromatic carbocycles. The second-order valence-electron chi connectivity index (χ2n) is 6.31. The summed E-state index contributed by atoms with van der Waals surface area (Å²) in [5.41, 5.74) is 1.74. The van der Waals surface area contributed by atoms with Crippen molar-refractivity contribution in [3.8, 4) is 0 Å². The quantitative estimate of drug-likeness (QED) is 0.805. The number of aromatic nitrogens is 2. The standard InChI is InChI=1S/C18H18ClFN4O2/c19-13-2-1-3-14(20)16(13)17(25)24-5-4-12-10-21-18(22-15(12)11-24)23-6-8-26-9-7-23/h1-3,10H,4-9,11H2. The molecule has 4 rings (SSSR count). The zero-order valence-corrected chi connectivity index (χ0v) is 14.9. The van der Waals surface area contributed by atoms with Crippen LogP contribution < -0.4 is 4.90 Å².